The third-order valence-electron chi connectivity index (χ3n) is 9.34. The van der Waals surface area contributed by atoms with Crippen molar-refractivity contribution in [3.63, 3.8) is 0 Å². The van der Waals surface area contributed by atoms with E-state index >= 15 is 13.2 Å². The van der Waals surface area contributed by atoms with Crippen molar-refractivity contribution in [2.45, 2.75) is 59.8 Å². The van der Waals surface area contributed by atoms with E-state index in [2.05, 4.69) is 0 Å². The first-order valence-electron chi connectivity index (χ1n) is 16.0. The molecule has 0 radical (unpaired) electrons. The average molecular weight is 840 g/mol. The zero-order chi connectivity index (χ0) is 38.4. The minimum absolute atomic E-state index is 0.0103. The monoisotopic (exact) mass is 839 g/mol. The zero-order valence-electron chi connectivity index (χ0n) is 28.1. The molecule has 0 amide bonds. The molecule has 2 N–H and O–H groups in total. The van der Waals surface area contributed by atoms with E-state index in [1.165, 1.54) is 91.0 Å². The van der Waals surface area contributed by atoms with Crippen molar-refractivity contribution >= 4 is 29.3 Å². The van der Waals surface area contributed by atoms with Crippen LogP contribution >= 0.6 is 0 Å². The van der Waals surface area contributed by atoms with Crippen molar-refractivity contribution in [1.29, 1.82) is 0 Å². The number of aliphatic hydroxyl groups is 2. The normalized spacial score (nSPS) is 16.7. The van der Waals surface area contributed by atoms with Crippen molar-refractivity contribution in [2.75, 3.05) is 0 Å². The molecule has 0 fully saturated rings. The van der Waals surface area contributed by atoms with Gasteiger partial charge < -0.3 is 0 Å². The van der Waals surface area contributed by atoms with Crippen LogP contribution in [0.1, 0.15) is 46.9 Å². The summed E-state index contributed by atoms with van der Waals surface area (Å²) in [6.45, 7) is 5.59. The molecule has 2 nitrogen and oxygen atoms in total. The van der Waals surface area contributed by atoms with Crippen molar-refractivity contribution in [2.24, 2.45) is 0 Å². The van der Waals surface area contributed by atoms with Gasteiger partial charge in [-0.3, -0.25) is 0 Å². The molecular weight excluding hydrogens is 805 g/mol. The maximum atomic E-state index is 16.1. The second-order valence-electron chi connectivity index (χ2n) is 13.5. The molecule has 5 rings (SSSR count). The Labute approximate surface area is 299 Å². The van der Waals surface area contributed by atoms with Gasteiger partial charge in [0.05, 0.1) is 0 Å². The SMILES string of the molecule is CC(C)(C)c1cc[c]([Sb-]([c]2ccccc2)([c]2ccccc2C(O)(C(F)(F)F)C(F)(F)F)[C@@H](c2ccccc2)[C@](O)(c2ccccc2)C(F)(F)F)cc1. The third-order valence-corrected chi connectivity index (χ3v) is 23.1. The maximum absolute atomic E-state index is 16.1. The Balaban J connectivity index is 2.16. The molecule has 0 aliphatic carbocycles. The van der Waals surface area contributed by atoms with Crippen LogP contribution in [0.25, 0.3) is 0 Å². The average Bonchev–Trinajstić information content (AvgIpc) is 3.09. The van der Waals surface area contributed by atoms with Crippen molar-refractivity contribution in [3.8, 4) is 0 Å². The Bertz CT molecular complexity index is 1940. The van der Waals surface area contributed by atoms with Crippen molar-refractivity contribution in [1.82, 2.24) is 0 Å². The first kappa shape index (κ1) is 39.4. The van der Waals surface area contributed by atoms with E-state index in [1.54, 1.807) is 12.1 Å². The fraction of sp³-hybridized carbons (Fsp3) is 0.250. The first-order valence-corrected chi connectivity index (χ1v) is 21.3. The quantitative estimate of drug-likeness (QED) is 0.122. The third kappa shape index (κ3) is 6.54. The Kier molecular flexibility index (Phi) is 10.5. The molecule has 0 aliphatic rings. The molecular formula is C40H35F9O2Sb-. The van der Waals surface area contributed by atoms with Crippen LogP contribution in [0.2, 0.25) is 0 Å². The van der Waals surface area contributed by atoms with Crippen LogP contribution < -0.4 is 10.5 Å². The molecule has 276 valence electrons. The Morgan fingerprint density at radius 1 is 0.462 bits per heavy atom. The van der Waals surface area contributed by atoms with Gasteiger partial charge in [0.1, 0.15) is 0 Å². The molecule has 0 saturated carbocycles. The molecule has 0 spiro atoms. The van der Waals surface area contributed by atoms with Crippen LogP contribution in [0.3, 0.4) is 0 Å². The van der Waals surface area contributed by atoms with E-state index in [-0.39, 0.29) is 12.6 Å². The molecule has 0 bridgehead atoms. The summed E-state index contributed by atoms with van der Waals surface area (Å²) < 4.78 is 135. The summed E-state index contributed by atoms with van der Waals surface area (Å²) in [5.74, 6) is 0. The Morgan fingerprint density at radius 3 is 1.35 bits per heavy atom. The molecule has 1 unspecified atom stereocenters. The van der Waals surface area contributed by atoms with Crippen molar-refractivity contribution < 1.29 is 49.7 Å². The van der Waals surface area contributed by atoms with Gasteiger partial charge in [-0.2, -0.15) is 0 Å². The number of halogens is 9. The second kappa shape index (κ2) is 13.9. The van der Waals surface area contributed by atoms with E-state index in [0.717, 1.165) is 30.3 Å². The van der Waals surface area contributed by atoms with Crippen LogP contribution in [0.5, 0.6) is 0 Å². The van der Waals surface area contributed by atoms with Gasteiger partial charge in [-0.05, 0) is 0 Å². The van der Waals surface area contributed by atoms with Gasteiger partial charge in [0, 0.05) is 0 Å². The topological polar surface area (TPSA) is 40.5 Å². The number of rotatable bonds is 8. The summed E-state index contributed by atoms with van der Waals surface area (Å²) in [4.78, 5) is 0. The molecule has 0 aromatic heterocycles. The molecule has 3 atom stereocenters. The Morgan fingerprint density at radius 2 is 0.885 bits per heavy atom. The van der Waals surface area contributed by atoms with Crippen LogP contribution in [0.4, 0.5) is 39.5 Å². The molecule has 0 aliphatic heterocycles. The number of hydrogen-bond acceptors (Lipinski definition) is 2. The van der Waals surface area contributed by atoms with Gasteiger partial charge in [-0.1, -0.05) is 0 Å². The summed E-state index contributed by atoms with van der Waals surface area (Å²) in [7, 11) is 0. The summed E-state index contributed by atoms with van der Waals surface area (Å²) in [5.41, 5.74) is -11.8. The molecule has 0 heterocycles. The predicted octanol–water partition coefficient (Wildman–Crippen LogP) is 8.54. The zero-order valence-corrected chi connectivity index (χ0v) is 30.7. The number of hydrogen-bond donors (Lipinski definition) is 2. The second-order valence-corrected chi connectivity index (χ2v) is 23.4. The summed E-state index contributed by atoms with van der Waals surface area (Å²) in [6.07, 6.45) is -18.3. The van der Waals surface area contributed by atoms with Gasteiger partial charge in [0.25, 0.3) is 0 Å². The van der Waals surface area contributed by atoms with Gasteiger partial charge in [0.2, 0.25) is 0 Å². The van der Waals surface area contributed by atoms with Crippen molar-refractivity contribution in [3.05, 3.63) is 162 Å². The summed E-state index contributed by atoms with van der Waals surface area (Å²) in [6, 6.07) is 29.4. The van der Waals surface area contributed by atoms with E-state index in [1.807, 2.05) is 20.8 Å². The van der Waals surface area contributed by atoms with Crippen LogP contribution in [-0.2, 0) is 16.6 Å². The Hall–Kier alpha value is -3.79. The van der Waals surface area contributed by atoms with E-state index in [9.17, 15) is 36.6 Å². The van der Waals surface area contributed by atoms with Crippen LogP contribution in [0, 0.1) is 0 Å². The van der Waals surface area contributed by atoms with Gasteiger partial charge in [0.15, 0.2) is 0 Å². The van der Waals surface area contributed by atoms with Gasteiger partial charge in [-0.15, -0.1) is 0 Å². The minimum atomic E-state index is -6.37. The molecule has 12 heteroatoms. The molecule has 0 saturated heterocycles. The van der Waals surface area contributed by atoms with Crippen LogP contribution in [-0.4, -0.2) is 47.5 Å². The van der Waals surface area contributed by atoms with E-state index in [0.29, 0.717) is 11.6 Å². The van der Waals surface area contributed by atoms with E-state index < -0.39 is 72.5 Å². The van der Waals surface area contributed by atoms with Crippen LogP contribution in [0.15, 0.2) is 140 Å². The molecule has 5 aromatic rings. The van der Waals surface area contributed by atoms with Gasteiger partial charge in [-0.25, -0.2) is 0 Å². The molecule has 52 heavy (non-hydrogen) atoms. The number of benzene rings is 5. The summed E-state index contributed by atoms with van der Waals surface area (Å²) >= 11 is -6.35. The summed E-state index contributed by atoms with van der Waals surface area (Å²) in [5, 5.41) is 23.7. The number of alkyl halides is 9. The fourth-order valence-corrected chi connectivity index (χ4v) is 22.2. The fourth-order valence-electron chi connectivity index (χ4n) is 6.83. The van der Waals surface area contributed by atoms with Gasteiger partial charge >= 0.3 is 301 Å². The standard InChI is InChI=1S/C15H12F3O.C10H13.C9H5F6O.C6H5.Sb/c16-15(17,18)14(19,13-9-5-2-6-10-13)11-12-7-3-1-4-8-12;1-10(2,3)9-7-5-4-6-8-9;10-8(11,12)7(16,9(13,14)15)6-4-2-1-3-5-6;1-2-4-6-5-3-1;/h1-11,19H;5-8H,1-3H3;1-4,16H;1-5H;/q;;;;-1/t14-;;;;/m0..../s1. The van der Waals surface area contributed by atoms with E-state index in [4.69, 9.17) is 0 Å². The molecule has 5 aromatic carbocycles. The first-order chi connectivity index (χ1) is 24.1. The predicted molar refractivity (Wildman–Crippen MR) is 184 cm³/mol.